The van der Waals surface area contributed by atoms with Gasteiger partial charge in [-0.15, -0.1) is 11.3 Å². The fourth-order valence-corrected chi connectivity index (χ4v) is 4.72. The van der Waals surface area contributed by atoms with E-state index in [2.05, 4.69) is 4.98 Å². The summed E-state index contributed by atoms with van der Waals surface area (Å²) in [6, 6.07) is 8.65. The van der Waals surface area contributed by atoms with E-state index in [1.54, 1.807) is 18.1 Å². The third-order valence-corrected chi connectivity index (χ3v) is 6.53. The maximum atomic E-state index is 13.0. The number of aromatic nitrogens is 1. The predicted octanol–water partition coefficient (Wildman–Crippen LogP) is 3.83. The van der Waals surface area contributed by atoms with Gasteiger partial charge in [0.15, 0.2) is 0 Å². The van der Waals surface area contributed by atoms with Gasteiger partial charge in [-0.2, -0.15) is 0 Å². The lowest BCUT2D eigenvalue weighted by molar-refractivity contribution is -0.385. The van der Waals surface area contributed by atoms with Gasteiger partial charge in [0.25, 0.3) is 11.6 Å². The van der Waals surface area contributed by atoms with Crippen molar-refractivity contribution in [3.8, 4) is 5.75 Å². The quantitative estimate of drug-likeness (QED) is 0.460. The van der Waals surface area contributed by atoms with Gasteiger partial charge in [-0.3, -0.25) is 14.9 Å². The largest absolute Gasteiger partial charge is 0.497 e. The second-order valence-corrected chi connectivity index (χ2v) is 7.95. The summed E-state index contributed by atoms with van der Waals surface area (Å²) in [7, 11) is 1.59. The number of pyridine rings is 1. The van der Waals surface area contributed by atoms with E-state index in [-0.39, 0.29) is 11.6 Å². The second-order valence-electron chi connectivity index (χ2n) is 6.52. The lowest BCUT2D eigenvalue weighted by atomic mass is 10.2. The molecule has 1 aromatic carbocycles. The number of amides is 1. The molecule has 3 heterocycles. The summed E-state index contributed by atoms with van der Waals surface area (Å²) in [5.41, 5.74) is -0.0430. The van der Waals surface area contributed by atoms with Crippen LogP contribution in [0.5, 0.6) is 5.75 Å². The molecule has 3 aromatic rings. The second kappa shape index (κ2) is 7.84. The van der Waals surface area contributed by atoms with Crippen molar-refractivity contribution in [1.29, 1.82) is 0 Å². The molecule has 8 nitrogen and oxygen atoms in total. The Morgan fingerprint density at radius 2 is 2.00 bits per heavy atom. The number of hydrogen-bond donors (Lipinski definition) is 0. The topological polar surface area (TPSA) is 88.8 Å². The average Bonchev–Trinajstić information content (AvgIpc) is 3.09. The Morgan fingerprint density at radius 3 is 2.62 bits per heavy atom. The van der Waals surface area contributed by atoms with E-state index in [0.29, 0.717) is 47.6 Å². The third kappa shape index (κ3) is 3.70. The van der Waals surface area contributed by atoms with E-state index in [4.69, 9.17) is 16.3 Å². The highest BCUT2D eigenvalue weighted by molar-refractivity contribution is 7.21. The smallest absolute Gasteiger partial charge is 0.287 e. The molecule has 29 heavy (non-hydrogen) atoms. The molecule has 0 aliphatic carbocycles. The van der Waals surface area contributed by atoms with Gasteiger partial charge in [0.05, 0.1) is 17.1 Å². The Bertz CT molecular complexity index is 1080. The molecule has 1 saturated heterocycles. The molecule has 0 bridgehead atoms. The first-order chi connectivity index (χ1) is 14.0. The van der Waals surface area contributed by atoms with Gasteiger partial charge in [0, 0.05) is 42.3 Å². The molecular formula is C19H17ClN4O4S. The number of anilines is 1. The zero-order valence-corrected chi connectivity index (χ0v) is 17.1. The summed E-state index contributed by atoms with van der Waals surface area (Å²) in [6.45, 7) is 2.22. The first-order valence-corrected chi connectivity index (χ1v) is 10.1. The van der Waals surface area contributed by atoms with Gasteiger partial charge in [-0.1, -0.05) is 11.6 Å². The number of thiophene rings is 1. The fraction of sp³-hybridized carbons (Fsp3) is 0.263. The summed E-state index contributed by atoms with van der Waals surface area (Å²) in [6.07, 6.45) is 1.25. The van der Waals surface area contributed by atoms with E-state index in [1.165, 1.54) is 23.6 Å². The summed E-state index contributed by atoms with van der Waals surface area (Å²) >= 11 is 7.87. The molecule has 0 unspecified atom stereocenters. The monoisotopic (exact) mass is 432 g/mol. The number of nitro groups is 1. The van der Waals surface area contributed by atoms with Crippen molar-refractivity contribution in [2.45, 2.75) is 0 Å². The minimum Gasteiger partial charge on any atom is -0.497 e. The van der Waals surface area contributed by atoms with Gasteiger partial charge < -0.3 is 14.5 Å². The highest BCUT2D eigenvalue weighted by Gasteiger charge is 2.27. The van der Waals surface area contributed by atoms with E-state index in [0.717, 1.165) is 10.1 Å². The fourth-order valence-electron chi connectivity index (χ4n) is 3.27. The number of nitrogens with zero attached hydrogens (tertiary/aromatic N) is 4. The average molecular weight is 433 g/mol. The maximum Gasteiger partial charge on any atom is 0.287 e. The van der Waals surface area contributed by atoms with Crippen molar-refractivity contribution in [3.05, 3.63) is 56.5 Å². The number of hydrogen-bond acceptors (Lipinski definition) is 7. The Hall–Kier alpha value is -2.91. The van der Waals surface area contributed by atoms with Gasteiger partial charge >= 0.3 is 0 Å². The van der Waals surface area contributed by atoms with E-state index in [1.807, 2.05) is 23.1 Å². The van der Waals surface area contributed by atoms with Gasteiger partial charge in [0.1, 0.15) is 22.6 Å². The van der Waals surface area contributed by atoms with Crippen LogP contribution >= 0.6 is 22.9 Å². The normalized spacial score (nSPS) is 14.3. The Balaban J connectivity index is 1.47. The minimum absolute atomic E-state index is 0.0430. The molecular weight excluding hydrogens is 416 g/mol. The van der Waals surface area contributed by atoms with E-state index >= 15 is 0 Å². The van der Waals surface area contributed by atoms with Crippen LogP contribution in [0.25, 0.3) is 10.1 Å². The first kappa shape index (κ1) is 19.4. The maximum absolute atomic E-state index is 13.0. The lowest BCUT2D eigenvalue weighted by Gasteiger charge is -2.35. The SMILES string of the molecule is COc1ccc2sc(C(=O)N3CCN(c4ccc([N+](=O)[O-])cn4)CC3)c(Cl)c2c1. The number of piperazine rings is 1. The molecule has 0 saturated carbocycles. The molecule has 1 aliphatic rings. The number of rotatable bonds is 4. The van der Waals surface area contributed by atoms with Crippen LogP contribution in [0.1, 0.15) is 9.67 Å². The number of fused-ring (bicyclic) bond motifs is 1. The van der Waals surface area contributed by atoms with Gasteiger partial charge in [-0.05, 0) is 24.3 Å². The molecule has 0 atom stereocenters. The van der Waals surface area contributed by atoms with Crippen LogP contribution in [0.15, 0.2) is 36.5 Å². The standard InChI is InChI=1S/C19H17ClN4O4S/c1-28-13-3-4-15-14(10-13)17(20)18(29-15)19(25)23-8-6-22(7-9-23)16-5-2-12(11-21-16)24(26)27/h2-5,10-11H,6-9H2,1H3. The summed E-state index contributed by atoms with van der Waals surface area (Å²) in [5.74, 6) is 1.27. The number of methoxy groups -OCH3 is 1. The van der Waals surface area contributed by atoms with E-state index < -0.39 is 4.92 Å². The molecule has 1 fully saturated rings. The molecule has 4 rings (SSSR count). The van der Waals surface area contributed by atoms with Gasteiger partial charge in [-0.25, -0.2) is 4.98 Å². The zero-order chi connectivity index (χ0) is 20.5. The van der Waals surface area contributed by atoms with Crippen molar-refractivity contribution in [1.82, 2.24) is 9.88 Å². The van der Waals surface area contributed by atoms with Crippen molar-refractivity contribution in [3.63, 3.8) is 0 Å². The van der Waals surface area contributed by atoms with Crippen LogP contribution in [0.2, 0.25) is 5.02 Å². The van der Waals surface area contributed by atoms with E-state index in [9.17, 15) is 14.9 Å². The van der Waals surface area contributed by atoms with Crippen molar-refractivity contribution in [2.75, 3.05) is 38.2 Å². The van der Waals surface area contributed by atoms with Crippen LogP contribution in [-0.4, -0.2) is 54.0 Å². The van der Waals surface area contributed by atoms with Crippen LogP contribution in [0, 0.1) is 10.1 Å². The zero-order valence-electron chi connectivity index (χ0n) is 15.5. The summed E-state index contributed by atoms with van der Waals surface area (Å²) < 4.78 is 6.18. The van der Waals surface area contributed by atoms with Crippen LogP contribution < -0.4 is 9.64 Å². The van der Waals surface area contributed by atoms with Crippen molar-refractivity contribution >= 4 is 50.4 Å². The Morgan fingerprint density at radius 1 is 1.24 bits per heavy atom. The highest BCUT2D eigenvalue weighted by Crippen LogP contribution is 2.38. The molecule has 10 heteroatoms. The highest BCUT2D eigenvalue weighted by atomic mass is 35.5. The Labute approximate surface area is 175 Å². The first-order valence-electron chi connectivity index (χ1n) is 8.88. The Kier molecular flexibility index (Phi) is 5.25. The number of carbonyl (C=O) groups is 1. The van der Waals surface area contributed by atoms with Crippen LogP contribution in [0.4, 0.5) is 11.5 Å². The molecule has 2 aromatic heterocycles. The van der Waals surface area contributed by atoms with Crippen LogP contribution in [0.3, 0.4) is 0 Å². The summed E-state index contributed by atoms with van der Waals surface area (Å²) in [4.78, 5) is 31.8. The molecule has 0 radical (unpaired) electrons. The third-order valence-electron chi connectivity index (χ3n) is 4.86. The van der Waals surface area contributed by atoms with Crippen molar-refractivity contribution < 1.29 is 14.5 Å². The number of halogens is 1. The molecule has 1 amide bonds. The molecule has 1 aliphatic heterocycles. The van der Waals surface area contributed by atoms with Gasteiger partial charge in [0.2, 0.25) is 0 Å². The number of carbonyl (C=O) groups excluding carboxylic acids is 1. The van der Waals surface area contributed by atoms with Crippen molar-refractivity contribution in [2.24, 2.45) is 0 Å². The van der Waals surface area contributed by atoms with Crippen LogP contribution in [-0.2, 0) is 0 Å². The summed E-state index contributed by atoms with van der Waals surface area (Å²) in [5, 5.41) is 12.0. The number of benzene rings is 1. The molecule has 150 valence electrons. The predicted molar refractivity (Wildman–Crippen MR) is 112 cm³/mol. The molecule has 0 N–H and O–H groups in total. The minimum atomic E-state index is -0.474. The number of ether oxygens (including phenoxy) is 1. The molecule has 0 spiro atoms. The lowest BCUT2D eigenvalue weighted by Crippen LogP contribution is -2.48.